The third-order valence-corrected chi connectivity index (χ3v) is 4.82. The Hall–Kier alpha value is -3.48. The fourth-order valence-corrected chi connectivity index (χ4v) is 3.43. The second-order valence-corrected chi connectivity index (χ2v) is 6.57. The van der Waals surface area contributed by atoms with Crippen molar-refractivity contribution < 1.29 is 9.53 Å². The number of aromatic nitrogens is 3. The fourth-order valence-electron chi connectivity index (χ4n) is 3.43. The van der Waals surface area contributed by atoms with Crippen LogP contribution in [-0.2, 0) is 4.74 Å². The zero-order valence-corrected chi connectivity index (χ0v) is 15.8. The van der Waals surface area contributed by atoms with E-state index in [-0.39, 0.29) is 11.9 Å². The molecule has 0 bridgehead atoms. The van der Waals surface area contributed by atoms with Gasteiger partial charge in [-0.2, -0.15) is 5.10 Å². The highest BCUT2D eigenvalue weighted by molar-refractivity contribution is 6.12. The van der Waals surface area contributed by atoms with E-state index < -0.39 is 0 Å². The number of rotatable bonds is 5. The Balaban J connectivity index is 1.76. The van der Waals surface area contributed by atoms with Crippen molar-refractivity contribution in [3.8, 4) is 0 Å². The van der Waals surface area contributed by atoms with Gasteiger partial charge in [-0.3, -0.25) is 0 Å². The molecule has 3 heterocycles. The Kier molecular flexibility index (Phi) is 4.89. The molecule has 1 aromatic carbocycles. The van der Waals surface area contributed by atoms with Gasteiger partial charge >= 0.3 is 5.97 Å². The van der Waals surface area contributed by atoms with Gasteiger partial charge in [0.15, 0.2) is 0 Å². The van der Waals surface area contributed by atoms with E-state index in [0.717, 1.165) is 33.4 Å². The lowest BCUT2D eigenvalue weighted by atomic mass is 9.93. The van der Waals surface area contributed by atoms with Crippen molar-refractivity contribution in [3.05, 3.63) is 65.4 Å². The molecule has 0 saturated heterocycles. The van der Waals surface area contributed by atoms with E-state index in [4.69, 9.17) is 4.74 Å². The van der Waals surface area contributed by atoms with Crippen molar-refractivity contribution in [1.29, 1.82) is 0 Å². The molecular weight excluding hydrogens is 354 g/mol. The van der Waals surface area contributed by atoms with Crippen molar-refractivity contribution in [1.82, 2.24) is 20.4 Å². The number of nitrogens with one attached hydrogen (secondary N) is 2. The lowest BCUT2D eigenvalue weighted by Crippen LogP contribution is -2.12. The maximum atomic E-state index is 12.6. The number of benzene rings is 1. The number of carbonyl (C=O) groups is 1. The molecule has 3 aromatic rings. The average molecular weight is 375 g/mol. The maximum Gasteiger partial charge on any atom is 0.340 e. The number of hydrogen-bond donors (Lipinski definition) is 2. The third kappa shape index (κ3) is 3.26. The van der Waals surface area contributed by atoms with E-state index >= 15 is 0 Å². The molecule has 1 aliphatic rings. The van der Waals surface area contributed by atoms with Crippen molar-refractivity contribution in [2.24, 2.45) is 5.10 Å². The molecule has 0 radical (unpaired) electrons. The quantitative estimate of drug-likeness (QED) is 0.668. The van der Waals surface area contributed by atoms with Crippen LogP contribution >= 0.6 is 0 Å². The van der Waals surface area contributed by atoms with Crippen LogP contribution in [0.4, 0.5) is 0 Å². The molecule has 142 valence electrons. The van der Waals surface area contributed by atoms with Crippen LogP contribution in [0.2, 0.25) is 0 Å². The van der Waals surface area contributed by atoms with Crippen LogP contribution in [0.5, 0.6) is 0 Å². The highest BCUT2D eigenvalue weighted by Crippen LogP contribution is 2.28. The Labute approximate surface area is 162 Å². The van der Waals surface area contributed by atoms with Gasteiger partial charge in [0.2, 0.25) is 0 Å². The Bertz CT molecular complexity index is 1070. The van der Waals surface area contributed by atoms with E-state index in [1.54, 1.807) is 19.3 Å². The number of carbonyl (C=O) groups excluding carboxylic acids is 1. The van der Waals surface area contributed by atoms with E-state index in [1.165, 1.54) is 6.33 Å². The molecule has 7 heteroatoms. The average Bonchev–Trinajstić information content (AvgIpc) is 3.32. The lowest BCUT2D eigenvalue weighted by molar-refractivity contribution is 0.0528. The molecule has 0 amide bonds. The number of aromatic amines is 1. The van der Waals surface area contributed by atoms with Crippen molar-refractivity contribution in [2.75, 3.05) is 13.2 Å². The summed E-state index contributed by atoms with van der Waals surface area (Å²) in [5.41, 5.74) is 8.12. The molecule has 0 saturated carbocycles. The van der Waals surface area contributed by atoms with Crippen molar-refractivity contribution in [2.45, 2.75) is 19.8 Å². The summed E-state index contributed by atoms with van der Waals surface area (Å²) >= 11 is 0. The molecule has 1 unspecified atom stereocenters. The van der Waals surface area contributed by atoms with Gasteiger partial charge in [0.1, 0.15) is 6.33 Å². The van der Waals surface area contributed by atoms with Gasteiger partial charge in [-0.15, -0.1) is 0 Å². The number of hydrazone groups is 1. The topological polar surface area (TPSA) is 92.3 Å². The highest BCUT2D eigenvalue weighted by atomic mass is 16.5. The second-order valence-electron chi connectivity index (χ2n) is 6.57. The number of para-hydroxylation sites is 1. The summed E-state index contributed by atoms with van der Waals surface area (Å²) in [7, 11) is 0. The van der Waals surface area contributed by atoms with Crippen molar-refractivity contribution >= 4 is 28.7 Å². The van der Waals surface area contributed by atoms with Crippen LogP contribution in [0.3, 0.4) is 0 Å². The molecular formula is C21H21N5O2. The van der Waals surface area contributed by atoms with Gasteiger partial charge < -0.3 is 15.1 Å². The summed E-state index contributed by atoms with van der Waals surface area (Å²) in [5, 5.41) is 5.32. The van der Waals surface area contributed by atoms with E-state index in [1.807, 2.05) is 30.3 Å². The van der Waals surface area contributed by atoms with Crippen molar-refractivity contribution in [3.63, 3.8) is 0 Å². The third-order valence-electron chi connectivity index (χ3n) is 4.82. The lowest BCUT2D eigenvalue weighted by Gasteiger charge is -2.12. The minimum Gasteiger partial charge on any atom is -0.462 e. The Morgan fingerprint density at radius 2 is 2.07 bits per heavy atom. The van der Waals surface area contributed by atoms with Gasteiger partial charge in [-0.1, -0.05) is 25.1 Å². The maximum absolute atomic E-state index is 12.6. The molecule has 1 atom stereocenters. The van der Waals surface area contributed by atoms with Crippen LogP contribution in [-0.4, -0.2) is 39.8 Å². The van der Waals surface area contributed by atoms with Gasteiger partial charge in [0.25, 0.3) is 0 Å². The number of nitrogens with zero attached hydrogens (tertiary/aromatic N) is 3. The molecule has 7 nitrogen and oxygen atoms in total. The first kappa shape index (κ1) is 17.9. The monoisotopic (exact) mass is 375 g/mol. The summed E-state index contributed by atoms with van der Waals surface area (Å²) in [6.45, 7) is 4.79. The van der Waals surface area contributed by atoms with Crippen LogP contribution in [0.25, 0.3) is 17.0 Å². The molecule has 2 aromatic heterocycles. The summed E-state index contributed by atoms with van der Waals surface area (Å²) in [5.74, 6) is -0.307. The van der Waals surface area contributed by atoms with E-state index in [0.29, 0.717) is 18.7 Å². The molecule has 0 aliphatic carbocycles. The molecule has 0 fully saturated rings. The van der Waals surface area contributed by atoms with Gasteiger partial charge in [-0.25, -0.2) is 14.8 Å². The zero-order valence-electron chi connectivity index (χ0n) is 15.8. The van der Waals surface area contributed by atoms with Crippen LogP contribution in [0.15, 0.2) is 53.7 Å². The summed E-state index contributed by atoms with van der Waals surface area (Å²) in [6, 6.07) is 7.72. The Morgan fingerprint density at radius 1 is 1.29 bits per heavy atom. The largest absolute Gasteiger partial charge is 0.462 e. The van der Waals surface area contributed by atoms with E-state index in [9.17, 15) is 4.79 Å². The first-order valence-electron chi connectivity index (χ1n) is 9.23. The predicted octanol–water partition coefficient (Wildman–Crippen LogP) is 3.28. The molecule has 4 rings (SSSR count). The van der Waals surface area contributed by atoms with Gasteiger partial charge in [0.05, 0.1) is 30.1 Å². The summed E-state index contributed by atoms with van der Waals surface area (Å²) < 4.78 is 5.29. The standard InChI is InChI=1S/C21H21N5O2/c1-3-28-21(27)19-16-6-4-5-7-17(16)25-18(19)8-14-11-24-26-20(14)13(2)15-9-22-12-23-10-15/h4-10,12-13,24-25H,3,11H2,1-2H3/b14-8+. The first-order chi connectivity index (χ1) is 13.7. The molecule has 2 N–H and O–H groups in total. The first-order valence-corrected chi connectivity index (χ1v) is 9.23. The fraction of sp³-hybridized carbons (Fsp3) is 0.238. The predicted molar refractivity (Wildman–Crippen MR) is 108 cm³/mol. The minimum atomic E-state index is -0.333. The molecule has 28 heavy (non-hydrogen) atoms. The van der Waals surface area contributed by atoms with Crippen LogP contribution in [0.1, 0.15) is 41.4 Å². The summed E-state index contributed by atoms with van der Waals surface area (Å²) in [4.78, 5) is 24.2. The number of fused-ring (bicyclic) bond motifs is 1. The Morgan fingerprint density at radius 3 is 2.86 bits per heavy atom. The molecule has 1 aliphatic heterocycles. The number of ether oxygens (including phenoxy) is 1. The highest BCUT2D eigenvalue weighted by Gasteiger charge is 2.24. The minimum absolute atomic E-state index is 0.0258. The van der Waals surface area contributed by atoms with Gasteiger partial charge in [-0.05, 0) is 30.2 Å². The van der Waals surface area contributed by atoms with Crippen LogP contribution in [0, 0.1) is 0 Å². The number of H-pyrrole nitrogens is 1. The smallest absolute Gasteiger partial charge is 0.340 e. The SMILES string of the molecule is CCOC(=O)c1c(/C=C2\CNN=C2C(C)c2cncnc2)[nH]c2ccccc12. The van der Waals surface area contributed by atoms with Crippen LogP contribution < -0.4 is 5.43 Å². The number of hydrogen-bond acceptors (Lipinski definition) is 6. The second kappa shape index (κ2) is 7.64. The van der Waals surface area contributed by atoms with E-state index in [2.05, 4.69) is 32.4 Å². The van der Waals surface area contributed by atoms with Gasteiger partial charge in [0, 0.05) is 29.2 Å². The zero-order chi connectivity index (χ0) is 19.5. The molecule has 0 spiro atoms. The normalized spacial score (nSPS) is 16.1. The number of esters is 1. The summed E-state index contributed by atoms with van der Waals surface area (Å²) in [6.07, 6.45) is 7.08.